The Kier molecular flexibility index (Phi) is 4.60. The van der Waals surface area contributed by atoms with Crippen LogP contribution in [0.25, 0.3) is 0 Å². The predicted molar refractivity (Wildman–Crippen MR) is 79.8 cm³/mol. The van der Waals surface area contributed by atoms with Crippen LogP contribution < -0.4 is 0 Å². The summed E-state index contributed by atoms with van der Waals surface area (Å²) in [5.74, 6) is -0.701. The molecule has 0 aliphatic carbocycles. The van der Waals surface area contributed by atoms with Crippen molar-refractivity contribution in [3.63, 3.8) is 0 Å². The normalized spacial score (nSPS) is 11.1. The Hall–Kier alpha value is -1.20. The topological polar surface area (TPSA) is 34.9 Å². The van der Waals surface area contributed by atoms with Gasteiger partial charge in [-0.15, -0.1) is 0 Å². The zero-order valence-electron chi connectivity index (χ0n) is 11.0. The summed E-state index contributed by atoms with van der Waals surface area (Å²) in [5, 5.41) is 4.40. The minimum absolute atomic E-state index is 0.0383. The molecule has 0 aliphatic rings. The van der Waals surface area contributed by atoms with E-state index in [0.717, 1.165) is 0 Å². The molecule has 0 radical (unpaired) electrons. The lowest BCUT2D eigenvalue weighted by Crippen LogP contribution is -2.15. The van der Waals surface area contributed by atoms with Crippen molar-refractivity contribution in [1.29, 1.82) is 0 Å². The summed E-state index contributed by atoms with van der Waals surface area (Å²) >= 11 is 9.26. The Balaban J connectivity index is 2.36. The van der Waals surface area contributed by atoms with Crippen LogP contribution in [0.4, 0.5) is 4.39 Å². The van der Waals surface area contributed by atoms with Gasteiger partial charge in [-0.3, -0.25) is 9.48 Å². The maximum Gasteiger partial charge on any atom is 0.186 e. The number of carbonyl (C=O) groups excluding carboxylic acids is 1. The quantitative estimate of drug-likeness (QED) is 0.756. The van der Waals surface area contributed by atoms with Gasteiger partial charge in [-0.25, -0.2) is 4.39 Å². The predicted octanol–water partition coefficient (Wildman–Crippen LogP) is 4.44. The number of Topliss-reactive ketones (excluding diaryl/α,β-unsaturated/α-hetero) is 1. The summed E-state index contributed by atoms with van der Waals surface area (Å²) in [6.45, 7) is 3.85. The molecule has 3 nitrogen and oxygen atoms in total. The molecule has 0 N–H and O–H groups in total. The summed E-state index contributed by atoms with van der Waals surface area (Å²) in [7, 11) is 0. The molecule has 1 heterocycles. The zero-order chi connectivity index (χ0) is 14.9. The molecule has 0 atom stereocenters. The molecular formula is C14H13BrClFN2O. The summed E-state index contributed by atoms with van der Waals surface area (Å²) < 4.78 is 16.0. The summed E-state index contributed by atoms with van der Waals surface area (Å²) in [6, 6.07) is 4.42. The van der Waals surface area contributed by atoms with Crippen molar-refractivity contribution in [3.8, 4) is 0 Å². The number of hydrogen-bond acceptors (Lipinski definition) is 2. The second kappa shape index (κ2) is 6.06. The molecule has 106 valence electrons. The van der Waals surface area contributed by atoms with E-state index in [1.165, 1.54) is 12.1 Å². The van der Waals surface area contributed by atoms with Crippen LogP contribution in [0, 0.1) is 5.82 Å². The zero-order valence-corrected chi connectivity index (χ0v) is 13.4. The highest BCUT2D eigenvalue weighted by molar-refractivity contribution is 9.10. The largest absolute Gasteiger partial charge is 0.292 e. The number of nitrogens with zero attached hydrogens (tertiary/aromatic N) is 2. The van der Waals surface area contributed by atoms with Crippen molar-refractivity contribution < 1.29 is 9.18 Å². The summed E-state index contributed by atoms with van der Waals surface area (Å²) in [4.78, 5) is 12.4. The van der Waals surface area contributed by atoms with Crippen molar-refractivity contribution in [3.05, 3.63) is 51.0 Å². The molecule has 1 aromatic carbocycles. The third kappa shape index (κ3) is 2.94. The fourth-order valence-corrected chi connectivity index (χ4v) is 2.66. The molecular weight excluding hydrogens is 347 g/mol. The molecule has 0 aliphatic heterocycles. The number of rotatable bonds is 4. The first-order valence-corrected chi connectivity index (χ1v) is 7.28. The van der Waals surface area contributed by atoms with Crippen molar-refractivity contribution in [2.45, 2.75) is 26.3 Å². The van der Waals surface area contributed by atoms with E-state index in [9.17, 15) is 9.18 Å². The Labute approximate surface area is 129 Å². The number of hydrogen-bond donors (Lipinski definition) is 0. The van der Waals surface area contributed by atoms with E-state index < -0.39 is 5.82 Å². The second-order valence-electron chi connectivity index (χ2n) is 4.68. The second-order valence-corrected chi connectivity index (χ2v) is 5.94. The molecule has 1 aromatic heterocycles. The van der Waals surface area contributed by atoms with Gasteiger partial charge in [-0.05, 0) is 41.9 Å². The minimum Gasteiger partial charge on any atom is -0.292 e. The van der Waals surface area contributed by atoms with Gasteiger partial charge in [0.2, 0.25) is 0 Å². The maximum atomic E-state index is 13.7. The molecule has 0 amide bonds. The van der Waals surface area contributed by atoms with Gasteiger partial charge in [-0.1, -0.05) is 17.7 Å². The first-order chi connectivity index (χ1) is 9.41. The van der Waals surface area contributed by atoms with Gasteiger partial charge in [0.25, 0.3) is 0 Å². The maximum absolute atomic E-state index is 13.7. The Morgan fingerprint density at radius 2 is 2.20 bits per heavy atom. The van der Waals surface area contributed by atoms with E-state index in [0.29, 0.717) is 10.2 Å². The smallest absolute Gasteiger partial charge is 0.186 e. The molecule has 2 aromatic rings. The Bertz CT molecular complexity index is 634. The number of halogens is 3. The van der Waals surface area contributed by atoms with E-state index >= 15 is 0 Å². The lowest BCUT2D eigenvalue weighted by atomic mass is 10.1. The van der Waals surface area contributed by atoms with Crippen LogP contribution in [-0.4, -0.2) is 15.6 Å². The number of carbonyl (C=O) groups is 1. The fourth-order valence-electron chi connectivity index (χ4n) is 1.94. The molecule has 0 unspecified atom stereocenters. The fraction of sp³-hybridized carbons (Fsp3) is 0.286. The standard InChI is InChI=1S/C14H13BrClFN2O/c1-8(2)19-14(10(15)7-18-19)13(20)6-9-11(16)4-3-5-12(9)17/h3-5,7-8H,6H2,1-2H3. The van der Waals surface area contributed by atoms with E-state index in [1.807, 2.05) is 13.8 Å². The van der Waals surface area contributed by atoms with Crippen LogP contribution >= 0.6 is 27.5 Å². The van der Waals surface area contributed by atoms with E-state index in [4.69, 9.17) is 11.6 Å². The molecule has 0 fully saturated rings. The number of aromatic nitrogens is 2. The van der Waals surface area contributed by atoms with Gasteiger partial charge in [0, 0.05) is 23.0 Å². The van der Waals surface area contributed by atoms with Gasteiger partial charge >= 0.3 is 0 Å². The van der Waals surface area contributed by atoms with Gasteiger partial charge < -0.3 is 0 Å². The van der Waals surface area contributed by atoms with E-state index in [-0.39, 0.29) is 28.8 Å². The molecule has 20 heavy (non-hydrogen) atoms. The van der Waals surface area contributed by atoms with Crippen LogP contribution in [0.15, 0.2) is 28.9 Å². The van der Waals surface area contributed by atoms with E-state index in [2.05, 4.69) is 21.0 Å². The van der Waals surface area contributed by atoms with Gasteiger partial charge in [-0.2, -0.15) is 5.10 Å². The lowest BCUT2D eigenvalue weighted by molar-refractivity contribution is 0.0979. The third-order valence-electron chi connectivity index (χ3n) is 2.90. The van der Waals surface area contributed by atoms with Crippen molar-refractivity contribution in [1.82, 2.24) is 9.78 Å². The Morgan fingerprint density at radius 3 is 2.80 bits per heavy atom. The van der Waals surface area contributed by atoms with Gasteiger partial charge in [0.15, 0.2) is 5.78 Å². The van der Waals surface area contributed by atoms with Gasteiger partial charge in [0.05, 0.1) is 10.7 Å². The van der Waals surface area contributed by atoms with Gasteiger partial charge in [0.1, 0.15) is 11.5 Å². The molecule has 6 heteroatoms. The van der Waals surface area contributed by atoms with Crippen molar-refractivity contribution in [2.75, 3.05) is 0 Å². The first kappa shape index (κ1) is 15.2. The highest BCUT2D eigenvalue weighted by Crippen LogP contribution is 2.25. The Morgan fingerprint density at radius 1 is 1.50 bits per heavy atom. The number of ketones is 1. The minimum atomic E-state index is -0.474. The lowest BCUT2D eigenvalue weighted by Gasteiger charge is -2.11. The van der Waals surface area contributed by atoms with E-state index in [1.54, 1.807) is 16.9 Å². The first-order valence-electron chi connectivity index (χ1n) is 6.11. The van der Waals surface area contributed by atoms with Crippen LogP contribution in [0.5, 0.6) is 0 Å². The van der Waals surface area contributed by atoms with Crippen LogP contribution in [0.2, 0.25) is 5.02 Å². The monoisotopic (exact) mass is 358 g/mol. The van der Waals surface area contributed by atoms with Crippen LogP contribution in [0.3, 0.4) is 0 Å². The highest BCUT2D eigenvalue weighted by atomic mass is 79.9. The molecule has 0 spiro atoms. The summed E-state index contributed by atoms with van der Waals surface area (Å²) in [5.41, 5.74) is 0.641. The van der Waals surface area contributed by atoms with Crippen molar-refractivity contribution >= 4 is 33.3 Å². The molecule has 0 saturated heterocycles. The average Bonchev–Trinajstić information content (AvgIpc) is 2.76. The third-order valence-corrected chi connectivity index (χ3v) is 3.84. The molecule has 0 saturated carbocycles. The van der Waals surface area contributed by atoms with Crippen molar-refractivity contribution in [2.24, 2.45) is 0 Å². The summed E-state index contributed by atoms with van der Waals surface area (Å²) in [6.07, 6.45) is 1.47. The number of benzene rings is 1. The average molecular weight is 360 g/mol. The SMILES string of the molecule is CC(C)n1ncc(Br)c1C(=O)Cc1c(F)cccc1Cl. The van der Waals surface area contributed by atoms with Crippen LogP contribution in [0.1, 0.15) is 35.9 Å². The highest BCUT2D eigenvalue weighted by Gasteiger charge is 2.21. The molecule has 2 rings (SSSR count). The van der Waals surface area contributed by atoms with Crippen LogP contribution in [-0.2, 0) is 6.42 Å². The molecule has 0 bridgehead atoms.